The maximum Gasteiger partial charge on any atom is 0.314 e. The van der Waals surface area contributed by atoms with E-state index in [0.29, 0.717) is 23.9 Å². The van der Waals surface area contributed by atoms with E-state index in [1.54, 1.807) is 30.3 Å². The number of nitrogens with zero attached hydrogens (tertiary/aromatic N) is 1. The topological polar surface area (TPSA) is 70.7 Å². The van der Waals surface area contributed by atoms with E-state index in [1.165, 1.54) is 0 Å². The van der Waals surface area contributed by atoms with Gasteiger partial charge in [-0.05, 0) is 24.3 Å². The Morgan fingerprint density at radius 1 is 0.885 bits per heavy atom. The van der Waals surface area contributed by atoms with Gasteiger partial charge in [-0.2, -0.15) is 0 Å². The van der Waals surface area contributed by atoms with Gasteiger partial charge in [-0.3, -0.25) is 9.59 Å². The van der Waals surface area contributed by atoms with Crippen LogP contribution in [0.25, 0.3) is 0 Å². The highest BCUT2D eigenvalue weighted by molar-refractivity contribution is 6.47. The standard InChI is InChI=1S/C18H17Cl2N3O3/c19-12-4-3-6-14(16(12)20)22-18(25)17(24)21-13-5-1-2-7-15(13)23-8-10-26-11-9-23/h1-7H,8-11H2,(H,21,24)(H,22,25). The van der Waals surface area contributed by atoms with Gasteiger partial charge >= 0.3 is 11.8 Å². The van der Waals surface area contributed by atoms with Gasteiger partial charge < -0.3 is 20.3 Å². The molecule has 1 heterocycles. The second kappa shape index (κ2) is 8.40. The summed E-state index contributed by atoms with van der Waals surface area (Å²) in [6.45, 7) is 2.68. The molecule has 1 fully saturated rings. The summed E-state index contributed by atoms with van der Waals surface area (Å²) in [6, 6.07) is 12.1. The van der Waals surface area contributed by atoms with Gasteiger partial charge in [-0.25, -0.2) is 0 Å². The fourth-order valence-electron chi connectivity index (χ4n) is 2.62. The molecular formula is C18H17Cl2N3O3. The van der Waals surface area contributed by atoms with E-state index < -0.39 is 11.8 Å². The van der Waals surface area contributed by atoms with Crippen LogP contribution in [0.4, 0.5) is 17.1 Å². The van der Waals surface area contributed by atoms with Crippen LogP contribution in [0.3, 0.4) is 0 Å². The summed E-state index contributed by atoms with van der Waals surface area (Å²) in [4.78, 5) is 26.6. The number of carbonyl (C=O) groups is 2. The molecule has 26 heavy (non-hydrogen) atoms. The summed E-state index contributed by atoms with van der Waals surface area (Å²) in [5, 5.41) is 5.60. The monoisotopic (exact) mass is 393 g/mol. The number of halogens is 2. The van der Waals surface area contributed by atoms with E-state index >= 15 is 0 Å². The smallest absolute Gasteiger partial charge is 0.314 e. The molecule has 0 aliphatic carbocycles. The average molecular weight is 394 g/mol. The fraction of sp³-hybridized carbons (Fsp3) is 0.222. The molecule has 3 rings (SSSR count). The minimum absolute atomic E-state index is 0.184. The Morgan fingerprint density at radius 3 is 2.23 bits per heavy atom. The van der Waals surface area contributed by atoms with Crippen molar-refractivity contribution in [1.82, 2.24) is 0 Å². The number of para-hydroxylation sites is 2. The van der Waals surface area contributed by atoms with Crippen LogP contribution in [0, 0.1) is 0 Å². The number of benzene rings is 2. The van der Waals surface area contributed by atoms with E-state index in [9.17, 15) is 9.59 Å². The van der Waals surface area contributed by atoms with E-state index in [2.05, 4.69) is 15.5 Å². The molecule has 2 aromatic rings. The van der Waals surface area contributed by atoms with Crippen molar-refractivity contribution in [3.8, 4) is 0 Å². The number of amides is 2. The summed E-state index contributed by atoms with van der Waals surface area (Å²) in [5.74, 6) is -1.62. The predicted octanol–water partition coefficient (Wildman–Crippen LogP) is 3.41. The van der Waals surface area contributed by atoms with Crippen LogP contribution in [-0.4, -0.2) is 38.1 Å². The lowest BCUT2D eigenvalue weighted by Gasteiger charge is -2.30. The van der Waals surface area contributed by atoms with E-state index in [1.807, 2.05) is 12.1 Å². The fourth-order valence-corrected chi connectivity index (χ4v) is 2.97. The minimum atomic E-state index is -0.828. The van der Waals surface area contributed by atoms with Crippen molar-refractivity contribution in [1.29, 1.82) is 0 Å². The van der Waals surface area contributed by atoms with Crippen molar-refractivity contribution in [3.63, 3.8) is 0 Å². The van der Waals surface area contributed by atoms with Crippen molar-refractivity contribution < 1.29 is 14.3 Å². The normalized spacial score (nSPS) is 14.0. The molecular weight excluding hydrogens is 377 g/mol. The van der Waals surface area contributed by atoms with Crippen LogP contribution in [0.5, 0.6) is 0 Å². The quantitative estimate of drug-likeness (QED) is 0.783. The van der Waals surface area contributed by atoms with Crippen LogP contribution < -0.4 is 15.5 Å². The second-order valence-corrected chi connectivity index (χ2v) is 6.41. The molecule has 8 heteroatoms. The highest BCUT2D eigenvalue weighted by Gasteiger charge is 2.20. The Balaban J connectivity index is 1.71. The summed E-state index contributed by atoms with van der Waals surface area (Å²) in [6.07, 6.45) is 0. The molecule has 0 atom stereocenters. The third kappa shape index (κ3) is 4.27. The van der Waals surface area contributed by atoms with Gasteiger partial charge in [-0.15, -0.1) is 0 Å². The number of nitrogens with one attached hydrogen (secondary N) is 2. The number of rotatable bonds is 3. The summed E-state index contributed by atoms with van der Waals surface area (Å²) >= 11 is 11.9. The van der Waals surface area contributed by atoms with Gasteiger partial charge in [0.05, 0.1) is 40.3 Å². The van der Waals surface area contributed by atoms with Gasteiger partial charge in [0.15, 0.2) is 0 Å². The summed E-state index contributed by atoms with van der Waals surface area (Å²) in [7, 11) is 0. The second-order valence-electron chi connectivity index (χ2n) is 5.63. The number of carbonyl (C=O) groups excluding carboxylic acids is 2. The van der Waals surface area contributed by atoms with E-state index in [-0.39, 0.29) is 10.7 Å². The molecule has 1 saturated heterocycles. The van der Waals surface area contributed by atoms with Gasteiger partial charge in [0.1, 0.15) is 0 Å². The van der Waals surface area contributed by atoms with Gasteiger partial charge in [0, 0.05) is 13.1 Å². The lowest BCUT2D eigenvalue weighted by molar-refractivity contribution is -0.132. The zero-order valence-electron chi connectivity index (χ0n) is 13.8. The molecule has 0 saturated carbocycles. The maximum absolute atomic E-state index is 12.3. The van der Waals surface area contributed by atoms with E-state index in [0.717, 1.165) is 18.8 Å². The Bertz CT molecular complexity index is 823. The lowest BCUT2D eigenvalue weighted by atomic mass is 10.2. The molecule has 0 bridgehead atoms. The molecule has 2 N–H and O–H groups in total. The third-order valence-electron chi connectivity index (χ3n) is 3.91. The first-order chi connectivity index (χ1) is 12.6. The number of anilines is 3. The summed E-state index contributed by atoms with van der Waals surface area (Å²) in [5.41, 5.74) is 1.69. The van der Waals surface area contributed by atoms with Crippen LogP contribution in [0.2, 0.25) is 10.0 Å². The van der Waals surface area contributed by atoms with Gasteiger partial charge in [-0.1, -0.05) is 41.4 Å². The SMILES string of the molecule is O=C(Nc1ccccc1N1CCOCC1)C(=O)Nc1cccc(Cl)c1Cl. The number of morpholine rings is 1. The Labute approximate surface area is 161 Å². The Morgan fingerprint density at radius 2 is 1.50 bits per heavy atom. The predicted molar refractivity (Wildman–Crippen MR) is 103 cm³/mol. The number of ether oxygens (including phenoxy) is 1. The van der Waals surface area contributed by atoms with Crippen LogP contribution in [-0.2, 0) is 14.3 Å². The summed E-state index contributed by atoms with van der Waals surface area (Å²) < 4.78 is 5.35. The van der Waals surface area contributed by atoms with Gasteiger partial charge in [0.2, 0.25) is 0 Å². The zero-order valence-corrected chi connectivity index (χ0v) is 15.3. The molecule has 2 aromatic carbocycles. The Kier molecular flexibility index (Phi) is 5.98. The molecule has 1 aliphatic rings. The first kappa shape index (κ1) is 18.5. The first-order valence-corrected chi connectivity index (χ1v) is 8.80. The van der Waals surface area contributed by atoms with E-state index in [4.69, 9.17) is 27.9 Å². The molecule has 0 radical (unpaired) electrons. The molecule has 0 spiro atoms. The third-order valence-corrected chi connectivity index (χ3v) is 4.73. The number of hydrogen-bond donors (Lipinski definition) is 2. The minimum Gasteiger partial charge on any atom is -0.378 e. The average Bonchev–Trinajstić information content (AvgIpc) is 2.66. The maximum atomic E-state index is 12.3. The first-order valence-electron chi connectivity index (χ1n) is 8.04. The molecule has 136 valence electrons. The van der Waals surface area contributed by atoms with Crippen LogP contribution in [0.15, 0.2) is 42.5 Å². The molecule has 0 aromatic heterocycles. The molecule has 0 unspecified atom stereocenters. The molecule has 6 nitrogen and oxygen atoms in total. The van der Waals surface area contributed by atoms with Crippen molar-refractivity contribution in [2.24, 2.45) is 0 Å². The lowest BCUT2D eigenvalue weighted by Crippen LogP contribution is -2.37. The van der Waals surface area contributed by atoms with Crippen molar-refractivity contribution in [2.45, 2.75) is 0 Å². The van der Waals surface area contributed by atoms with Crippen molar-refractivity contribution >= 4 is 52.1 Å². The zero-order chi connectivity index (χ0) is 18.5. The highest BCUT2D eigenvalue weighted by Crippen LogP contribution is 2.30. The molecule has 2 amide bonds. The van der Waals surface area contributed by atoms with Crippen LogP contribution in [0.1, 0.15) is 0 Å². The molecule has 1 aliphatic heterocycles. The Hall–Kier alpha value is -2.28. The van der Waals surface area contributed by atoms with Crippen molar-refractivity contribution in [3.05, 3.63) is 52.5 Å². The largest absolute Gasteiger partial charge is 0.378 e. The van der Waals surface area contributed by atoms with Crippen molar-refractivity contribution in [2.75, 3.05) is 41.8 Å². The highest BCUT2D eigenvalue weighted by atomic mass is 35.5. The number of hydrogen-bond acceptors (Lipinski definition) is 4. The van der Waals surface area contributed by atoms with Gasteiger partial charge in [0.25, 0.3) is 0 Å². The van der Waals surface area contributed by atoms with Crippen LogP contribution >= 0.6 is 23.2 Å².